The van der Waals surface area contributed by atoms with E-state index < -0.39 is 0 Å². The van der Waals surface area contributed by atoms with Crippen LogP contribution in [0, 0.1) is 12.0 Å². The summed E-state index contributed by atoms with van der Waals surface area (Å²) in [6, 6.07) is 11.5. The summed E-state index contributed by atoms with van der Waals surface area (Å²) in [7, 11) is 0. The third-order valence-corrected chi connectivity index (χ3v) is 2.92. The van der Waals surface area contributed by atoms with Crippen LogP contribution in [0.15, 0.2) is 24.3 Å². The van der Waals surface area contributed by atoms with Crippen LogP contribution in [0.5, 0.6) is 0 Å². The van der Waals surface area contributed by atoms with E-state index in [0.29, 0.717) is 0 Å². The molecule has 0 aliphatic heterocycles. The molecule has 0 aliphatic rings. The average molecular weight is 203 g/mol. The minimum atomic E-state index is 0.823. The zero-order valence-electron chi connectivity index (χ0n) is 10.1. The number of hydrogen-bond acceptors (Lipinski definition) is 0. The summed E-state index contributed by atoms with van der Waals surface area (Å²) in [5.74, 6) is 0.823. The van der Waals surface area contributed by atoms with Gasteiger partial charge < -0.3 is 0 Å². The topological polar surface area (TPSA) is 0 Å². The summed E-state index contributed by atoms with van der Waals surface area (Å²) >= 11 is 0. The molecule has 0 spiro atoms. The lowest BCUT2D eigenvalue weighted by molar-refractivity contribution is 0.487. The Bertz CT molecular complexity index is 237. The van der Waals surface area contributed by atoms with E-state index in [1.807, 2.05) is 12.1 Å². The fraction of sp³-hybridized carbons (Fsp3) is 0.600. The van der Waals surface area contributed by atoms with E-state index in [9.17, 15) is 0 Å². The molecule has 1 aromatic carbocycles. The van der Waals surface area contributed by atoms with Gasteiger partial charge in [-0.25, -0.2) is 0 Å². The minimum absolute atomic E-state index is 0.823. The smallest absolute Gasteiger partial charge is 0.0184 e. The first-order valence-electron chi connectivity index (χ1n) is 6.28. The first-order valence-corrected chi connectivity index (χ1v) is 6.28. The fourth-order valence-electron chi connectivity index (χ4n) is 1.98. The predicted molar refractivity (Wildman–Crippen MR) is 66.9 cm³/mol. The van der Waals surface area contributed by atoms with Gasteiger partial charge in [0, 0.05) is 0 Å². The van der Waals surface area contributed by atoms with Gasteiger partial charge in [0.2, 0.25) is 0 Å². The molecule has 1 unspecified atom stereocenters. The Morgan fingerprint density at radius 3 is 2.53 bits per heavy atom. The second-order valence-electron chi connectivity index (χ2n) is 4.57. The Morgan fingerprint density at radius 2 is 1.87 bits per heavy atom. The molecule has 1 aromatic rings. The van der Waals surface area contributed by atoms with Crippen molar-refractivity contribution >= 4 is 0 Å². The molecule has 0 aromatic heterocycles. The Balaban J connectivity index is 2.16. The van der Waals surface area contributed by atoms with Gasteiger partial charge in [0.1, 0.15) is 0 Å². The molecule has 0 saturated heterocycles. The molecular weight excluding hydrogens is 180 g/mol. The standard InChI is InChI=1S/C15H23/c1-3-4-5-7-10-14(2)13-15-11-8-6-9-12-15/h8-9,11-12,14H,3-5,7,10,13H2,1-2H3. The fourth-order valence-corrected chi connectivity index (χ4v) is 1.98. The van der Waals surface area contributed by atoms with Gasteiger partial charge in [-0.1, -0.05) is 70.2 Å². The lowest BCUT2D eigenvalue weighted by Gasteiger charge is -2.10. The molecule has 0 nitrogen and oxygen atoms in total. The zero-order valence-corrected chi connectivity index (χ0v) is 10.1. The van der Waals surface area contributed by atoms with Gasteiger partial charge in [0.25, 0.3) is 0 Å². The van der Waals surface area contributed by atoms with E-state index in [4.69, 9.17) is 0 Å². The molecular formula is C15H23. The molecule has 0 heterocycles. The van der Waals surface area contributed by atoms with Gasteiger partial charge in [-0.3, -0.25) is 0 Å². The summed E-state index contributed by atoms with van der Waals surface area (Å²) in [6.07, 6.45) is 8.13. The van der Waals surface area contributed by atoms with Crippen LogP contribution in [0.2, 0.25) is 0 Å². The van der Waals surface area contributed by atoms with Gasteiger partial charge in [-0.05, 0) is 24.0 Å². The SMILES string of the molecule is CCCCCCC(C)Cc1cc[c]cc1. The van der Waals surface area contributed by atoms with Crippen molar-refractivity contribution in [3.05, 3.63) is 35.9 Å². The van der Waals surface area contributed by atoms with Gasteiger partial charge in [-0.2, -0.15) is 0 Å². The molecule has 83 valence electrons. The highest BCUT2D eigenvalue weighted by Crippen LogP contribution is 2.15. The Labute approximate surface area is 94.7 Å². The third-order valence-electron chi connectivity index (χ3n) is 2.92. The van der Waals surface area contributed by atoms with Crippen molar-refractivity contribution in [1.82, 2.24) is 0 Å². The highest BCUT2D eigenvalue weighted by atomic mass is 14.1. The molecule has 1 radical (unpaired) electrons. The molecule has 1 rings (SSSR count). The minimum Gasteiger partial charge on any atom is -0.0654 e. The first kappa shape index (κ1) is 12.3. The molecule has 0 bridgehead atoms. The van der Waals surface area contributed by atoms with Gasteiger partial charge >= 0.3 is 0 Å². The summed E-state index contributed by atoms with van der Waals surface area (Å²) in [4.78, 5) is 0. The first-order chi connectivity index (χ1) is 7.33. The number of rotatable bonds is 7. The average Bonchev–Trinajstić information content (AvgIpc) is 2.26. The Kier molecular flexibility index (Phi) is 6.15. The summed E-state index contributed by atoms with van der Waals surface area (Å²) in [5, 5.41) is 0. The predicted octanol–water partition coefficient (Wildman–Crippen LogP) is 4.64. The molecule has 0 N–H and O–H groups in total. The van der Waals surface area contributed by atoms with Crippen molar-refractivity contribution in [2.45, 2.75) is 52.4 Å². The molecule has 0 heteroatoms. The van der Waals surface area contributed by atoms with E-state index in [2.05, 4.69) is 32.0 Å². The maximum absolute atomic E-state index is 3.07. The summed E-state index contributed by atoms with van der Waals surface area (Å²) < 4.78 is 0. The van der Waals surface area contributed by atoms with E-state index in [0.717, 1.165) is 5.92 Å². The van der Waals surface area contributed by atoms with Crippen molar-refractivity contribution < 1.29 is 0 Å². The quantitative estimate of drug-likeness (QED) is 0.566. The number of unbranched alkanes of at least 4 members (excludes halogenated alkanes) is 3. The lowest BCUT2D eigenvalue weighted by Crippen LogP contribution is -1.99. The van der Waals surface area contributed by atoms with Gasteiger partial charge in [-0.15, -0.1) is 0 Å². The van der Waals surface area contributed by atoms with Crippen molar-refractivity contribution in [1.29, 1.82) is 0 Å². The van der Waals surface area contributed by atoms with Crippen LogP contribution in [0.4, 0.5) is 0 Å². The molecule has 0 aliphatic carbocycles. The monoisotopic (exact) mass is 203 g/mol. The van der Waals surface area contributed by atoms with Crippen molar-refractivity contribution in [2.75, 3.05) is 0 Å². The van der Waals surface area contributed by atoms with Crippen LogP contribution in [-0.2, 0) is 6.42 Å². The maximum Gasteiger partial charge on any atom is -0.0184 e. The van der Waals surface area contributed by atoms with Crippen molar-refractivity contribution in [3.8, 4) is 0 Å². The molecule has 15 heavy (non-hydrogen) atoms. The largest absolute Gasteiger partial charge is 0.0654 e. The van der Waals surface area contributed by atoms with E-state index in [1.165, 1.54) is 44.1 Å². The van der Waals surface area contributed by atoms with Crippen LogP contribution >= 0.6 is 0 Å². The van der Waals surface area contributed by atoms with Crippen molar-refractivity contribution in [2.24, 2.45) is 5.92 Å². The van der Waals surface area contributed by atoms with E-state index in [-0.39, 0.29) is 0 Å². The van der Waals surface area contributed by atoms with E-state index in [1.54, 1.807) is 0 Å². The second-order valence-corrected chi connectivity index (χ2v) is 4.57. The number of hydrogen-bond donors (Lipinski definition) is 0. The lowest BCUT2D eigenvalue weighted by atomic mass is 9.95. The van der Waals surface area contributed by atoms with Crippen LogP contribution < -0.4 is 0 Å². The van der Waals surface area contributed by atoms with Crippen LogP contribution in [0.1, 0.15) is 51.5 Å². The summed E-state index contributed by atoms with van der Waals surface area (Å²) in [5.41, 5.74) is 1.46. The molecule has 0 saturated carbocycles. The summed E-state index contributed by atoms with van der Waals surface area (Å²) in [6.45, 7) is 4.63. The number of benzene rings is 1. The Hall–Kier alpha value is -0.780. The molecule has 0 fully saturated rings. The highest BCUT2D eigenvalue weighted by molar-refractivity contribution is 5.14. The van der Waals surface area contributed by atoms with Crippen LogP contribution in [0.25, 0.3) is 0 Å². The molecule has 0 amide bonds. The van der Waals surface area contributed by atoms with Crippen LogP contribution in [0.3, 0.4) is 0 Å². The normalized spacial score (nSPS) is 12.7. The van der Waals surface area contributed by atoms with Gasteiger partial charge in [0.15, 0.2) is 0 Å². The molecule has 1 atom stereocenters. The Morgan fingerprint density at radius 1 is 1.13 bits per heavy atom. The maximum atomic E-state index is 3.07. The zero-order chi connectivity index (χ0) is 10.9. The van der Waals surface area contributed by atoms with Crippen molar-refractivity contribution in [3.63, 3.8) is 0 Å². The third kappa shape index (κ3) is 5.61. The van der Waals surface area contributed by atoms with Crippen LogP contribution in [-0.4, -0.2) is 0 Å². The second kappa shape index (κ2) is 7.50. The van der Waals surface area contributed by atoms with E-state index >= 15 is 0 Å². The van der Waals surface area contributed by atoms with Gasteiger partial charge in [0.05, 0.1) is 0 Å². The highest BCUT2D eigenvalue weighted by Gasteiger charge is 2.02.